The lowest BCUT2D eigenvalue weighted by Crippen LogP contribution is -1.88. The molecule has 1 aromatic heterocycles. The quantitative estimate of drug-likeness (QED) is 0.739. The van der Waals surface area contributed by atoms with E-state index in [1.165, 1.54) is 17.4 Å². The van der Waals surface area contributed by atoms with Crippen LogP contribution in [-0.2, 0) is 6.42 Å². The summed E-state index contributed by atoms with van der Waals surface area (Å²) >= 11 is 13.0. The third-order valence-corrected chi connectivity index (χ3v) is 3.79. The predicted octanol–water partition coefficient (Wildman–Crippen LogP) is 4.77. The van der Waals surface area contributed by atoms with Crippen molar-refractivity contribution in [1.82, 2.24) is 4.98 Å². The molecule has 2 rings (SSSR count). The highest BCUT2D eigenvalue weighted by molar-refractivity contribution is 7.13. The van der Waals surface area contributed by atoms with E-state index < -0.39 is 0 Å². The minimum Gasteiger partial charge on any atom is -0.241 e. The number of benzene rings is 1. The lowest BCUT2D eigenvalue weighted by atomic mass is 10.2. The van der Waals surface area contributed by atoms with Gasteiger partial charge in [-0.05, 0) is 25.0 Å². The van der Waals surface area contributed by atoms with Gasteiger partial charge in [0, 0.05) is 11.3 Å². The molecular formula is C12H10Cl2FNS. The van der Waals surface area contributed by atoms with Crippen LogP contribution in [0.1, 0.15) is 12.1 Å². The fourth-order valence-electron chi connectivity index (χ4n) is 1.49. The maximum atomic E-state index is 13.7. The van der Waals surface area contributed by atoms with Crippen molar-refractivity contribution in [3.8, 4) is 10.6 Å². The fourth-order valence-corrected chi connectivity index (χ4v) is 2.84. The van der Waals surface area contributed by atoms with Crippen molar-refractivity contribution in [3.05, 3.63) is 40.1 Å². The van der Waals surface area contributed by atoms with E-state index in [1.807, 2.05) is 5.38 Å². The van der Waals surface area contributed by atoms with Crippen molar-refractivity contribution in [1.29, 1.82) is 0 Å². The van der Waals surface area contributed by atoms with Crippen LogP contribution in [0.2, 0.25) is 5.02 Å². The molecule has 0 saturated carbocycles. The molecule has 5 heteroatoms. The molecule has 1 aromatic carbocycles. The second kappa shape index (κ2) is 5.80. The van der Waals surface area contributed by atoms with Gasteiger partial charge in [0.1, 0.15) is 10.8 Å². The first-order valence-corrected chi connectivity index (χ1v) is 6.96. The van der Waals surface area contributed by atoms with E-state index in [1.54, 1.807) is 12.1 Å². The van der Waals surface area contributed by atoms with Crippen LogP contribution in [0.25, 0.3) is 10.6 Å². The average Bonchev–Trinajstić information content (AvgIpc) is 2.75. The molecule has 0 aliphatic rings. The van der Waals surface area contributed by atoms with Crippen LogP contribution in [0.5, 0.6) is 0 Å². The zero-order chi connectivity index (χ0) is 12.3. The van der Waals surface area contributed by atoms with Gasteiger partial charge in [-0.1, -0.05) is 17.7 Å². The second-order valence-corrected chi connectivity index (χ2v) is 5.18. The number of aryl methyl sites for hydroxylation is 1. The average molecular weight is 290 g/mol. The van der Waals surface area contributed by atoms with Crippen molar-refractivity contribution in [2.24, 2.45) is 0 Å². The van der Waals surface area contributed by atoms with Gasteiger partial charge in [-0.2, -0.15) is 0 Å². The Morgan fingerprint density at radius 1 is 1.35 bits per heavy atom. The Morgan fingerprint density at radius 3 is 2.88 bits per heavy atom. The molecule has 0 saturated heterocycles. The molecule has 0 spiro atoms. The van der Waals surface area contributed by atoms with Gasteiger partial charge in [-0.15, -0.1) is 22.9 Å². The van der Waals surface area contributed by atoms with E-state index in [0.717, 1.165) is 18.5 Å². The van der Waals surface area contributed by atoms with Gasteiger partial charge in [-0.3, -0.25) is 0 Å². The van der Waals surface area contributed by atoms with Crippen LogP contribution < -0.4 is 0 Å². The van der Waals surface area contributed by atoms with Gasteiger partial charge < -0.3 is 0 Å². The minimum atomic E-state index is -0.337. The minimum absolute atomic E-state index is 0.337. The molecule has 0 radical (unpaired) electrons. The number of rotatable bonds is 4. The molecule has 0 unspecified atom stereocenters. The Labute approximate surface area is 113 Å². The maximum Gasteiger partial charge on any atom is 0.134 e. The van der Waals surface area contributed by atoms with Crippen molar-refractivity contribution in [2.45, 2.75) is 12.8 Å². The number of halogens is 3. The Kier molecular flexibility index (Phi) is 4.37. The molecule has 0 N–H and O–H groups in total. The third kappa shape index (κ3) is 2.97. The van der Waals surface area contributed by atoms with Gasteiger partial charge in [0.15, 0.2) is 0 Å². The molecule has 0 aliphatic carbocycles. The first-order valence-electron chi connectivity index (χ1n) is 5.17. The smallest absolute Gasteiger partial charge is 0.134 e. The summed E-state index contributed by atoms with van der Waals surface area (Å²) in [5.74, 6) is 0.267. The first kappa shape index (κ1) is 12.8. The molecule has 0 aliphatic heterocycles. The van der Waals surface area contributed by atoms with Crippen LogP contribution in [0.15, 0.2) is 23.6 Å². The van der Waals surface area contributed by atoms with Gasteiger partial charge >= 0.3 is 0 Å². The zero-order valence-electron chi connectivity index (χ0n) is 8.92. The Hall–Kier alpha value is -0.640. The van der Waals surface area contributed by atoms with Gasteiger partial charge in [0.25, 0.3) is 0 Å². The number of hydrogen-bond acceptors (Lipinski definition) is 2. The normalized spacial score (nSPS) is 10.8. The van der Waals surface area contributed by atoms with E-state index >= 15 is 0 Å². The summed E-state index contributed by atoms with van der Waals surface area (Å²) < 4.78 is 13.7. The predicted molar refractivity (Wildman–Crippen MR) is 71.6 cm³/mol. The fraction of sp³-hybridized carbons (Fsp3) is 0.250. The van der Waals surface area contributed by atoms with Crippen molar-refractivity contribution < 1.29 is 4.39 Å². The molecule has 0 fully saturated rings. The number of thiazole rings is 1. The van der Waals surface area contributed by atoms with Gasteiger partial charge in [-0.25, -0.2) is 9.37 Å². The summed E-state index contributed by atoms with van der Waals surface area (Å²) in [4.78, 5) is 4.38. The summed E-state index contributed by atoms with van der Waals surface area (Å²) in [5.41, 5.74) is 1.32. The first-order chi connectivity index (χ1) is 8.22. The Morgan fingerprint density at radius 2 is 2.18 bits per heavy atom. The maximum absolute atomic E-state index is 13.7. The molecule has 1 heterocycles. The number of alkyl halides is 1. The zero-order valence-corrected chi connectivity index (χ0v) is 11.2. The molecule has 2 aromatic rings. The van der Waals surface area contributed by atoms with Crippen molar-refractivity contribution >= 4 is 34.5 Å². The molecule has 1 nitrogen and oxygen atoms in total. The van der Waals surface area contributed by atoms with Gasteiger partial charge in [0.2, 0.25) is 0 Å². The van der Waals surface area contributed by atoms with Crippen LogP contribution in [-0.4, -0.2) is 10.9 Å². The summed E-state index contributed by atoms with van der Waals surface area (Å²) in [6.45, 7) is 0. The van der Waals surface area contributed by atoms with Crippen molar-refractivity contribution in [2.75, 3.05) is 5.88 Å². The summed E-state index contributed by atoms with van der Waals surface area (Å²) in [6, 6.07) is 4.64. The monoisotopic (exact) mass is 289 g/mol. The summed E-state index contributed by atoms with van der Waals surface area (Å²) in [6.07, 6.45) is 1.68. The molecule has 17 heavy (non-hydrogen) atoms. The van der Waals surface area contributed by atoms with E-state index in [4.69, 9.17) is 23.2 Å². The number of nitrogens with zero attached hydrogens (tertiary/aromatic N) is 1. The second-order valence-electron chi connectivity index (χ2n) is 3.53. The molecule has 0 amide bonds. The standard InChI is InChI=1S/C12H10Cl2FNS/c13-6-2-3-8-7-17-12(16-8)11-9(14)4-1-5-10(11)15/h1,4-5,7H,2-3,6H2. The lowest BCUT2D eigenvalue weighted by molar-refractivity contribution is 0.631. The van der Waals surface area contributed by atoms with Crippen LogP contribution in [0, 0.1) is 5.82 Å². The summed E-state index contributed by atoms with van der Waals surface area (Å²) in [5, 5.41) is 2.94. The molecular weight excluding hydrogens is 280 g/mol. The van der Waals surface area contributed by atoms with Gasteiger partial charge in [0.05, 0.1) is 16.3 Å². The van der Waals surface area contributed by atoms with E-state index in [2.05, 4.69) is 4.98 Å². The largest absolute Gasteiger partial charge is 0.241 e. The highest BCUT2D eigenvalue weighted by Gasteiger charge is 2.13. The number of hydrogen-bond donors (Lipinski definition) is 0. The van der Waals surface area contributed by atoms with Crippen LogP contribution >= 0.6 is 34.5 Å². The lowest BCUT2D eigenvalue weighted by Gasteiger charge is -2.01. The molecule has 0 atom stereocenters. The Bertz CT molecular complexity index is 493. The highest BCUT2D eigenvalue weighted by atomic mass is 35.5. The topological polar surface area (TPSA) is 12.9 Å². The highest BCUT2D eigenvalue weighted by Crippen LogP contribution is 2.32. The Balaban J connectivity index is 2.30. The molecule has 0 bridgehead atoms. The van der Waals surface area contributed by atoms with E-state index in [-0.39, 0.29) is 5.82 Å². The summed E-state index contributed by atoms with van der Waals surface area (Å²) in [7, 11) is 0. The van der Waals surface area contributed by atoms with Crippen LogP contribution in [0.3, 0.4) is 0 Å². The SMILES string of the molecule is Fc1cccc(Cl)c1-c1nc(CCCCl)cs1. The van der Waals surface area contributed by atoms with E-state index in [0.29, 0.717) is 21.5 Å². The van der Waals surface area contributed by atoms with Crippen LogP contribution in [0.4, 0.5) is 4.39 Å². The van der Waals surface area contributed by atoms with Crippen molar-refractivity contribution in [3.63, 3.8) is 0 Å². The number of aromatic nitrogens is 1. The molecule has 90 valence electrons. The van der Waals surface area contributed by atoms with E-state index in [9.17, 15) is 4.39 Å². The third-order valence-electron chi connectivity index (χ3n) is 2.29.